The first-order valence-electron chi connectivity index (χ1n) is 7.21. The molecule has 1 saturated carbocycles. The quantitative estimate of drug-likeness (QED) is 0.881. The number of likely N-dealkylation sites (N-methyl/N-ethyl adjacent to an activating group) is 1. The summed E-state index contributed by atoms with van der Waals surface area (Å²) in [5.74, 6) is 0.835. The minimum atomic E-state index is 0.158. The summed E-state index contributed by atoms with van der Waals surface area (Å²) in [6, 6.07) is 10.3. The molecule has 2 atom stereocenters. The number of hydrogen-bond donors (Lipinski definition) is 1. The van der Waals surface area contributed by atoms with E-state index in [1.54, 1.807) is 0 Å². The molecule has 0 radical (unpaired) electrons. The van der Waals surface area contributed by atoms with Crippen molar-refractivity contribution in [3.63, 3.8) is 0 Å². The predicted octanol–water partition coefficient (Wildman–Crippen LogP) is 2.06. The highest BCUT2D eigenvalue weighted by Crippen LogP contribution is 2.32. The Morgan fingerprint density at radius 2 is 2.05 bits per heavy atom. The standard InChI is InChI=1S/C16H24N2O/c1-18(11-10-13-6-3-2-4-7-13)16(19)15-9-5-8-14(15)12-17/h2-4,6-7,14-15H,5,8-12,17H2,1H3/t14-,15-/m1/s1. The molecule has 1 amide bonds. The van der Waals surface area contributed by atoms with Gasteiger partial charge in [0.1, 0.15) is 0 Å². The van der Waals surface area contributed by atoms with Crippen LogP contribution >= 0.6 is 0 Å². The van der Waals surface area contributed by atoms with Crippen LogP contribution in [0.5, 0.6) is 0 Å². The molecule has 0 unspecified atom stereocenters. The fraction of sp³-hybridized carbons (Fsp3) is 0.562. The van der Waals surface area contributed by atoms with E-state index in [2.05, 4.69) is 12.1 Å². The first-order valence-corrected chi connectivity index (χ1v) is 7.21. The Hall–Kier alpha value is -1.35. The molecule has 1 aromatic rings. The molecule has 2 rings (SSSR count). The van der Waals surface area contributed by atoms with E-state index >= 15 is 0 Å². The van der Waals surface area contributed by atoms with Crippen molar-refractivity contribution >= 4 is 5.91 Å². The van der Waals surface area contributed by atoms with Gasteiger partial charge in [0.25, 0.3) is 0 Å². The molecule has 0 aromatic heterocycles. The highest BCUT2D eigenvalue weighted by molar-refractivity contribution is 5.79. The van der Waals surface area contributed by atoms with Crippen LogP contribution in [0.15, 0.2) is 30.3 Å². The molecule has 19 heavy (non-hydrogen) atoms. The molecule has 0 bridgehead atoms. The van der Waals surface area contributed by atoms with Crippen LogP contribution < -0.4 is 5.73 Å². The van der Waals surface area contributed by atoms with E-state index in [1.165, 1.54) is 5.56 Å². The Balaban J connectivity index is 1.85. The topological polar surface area (TPSA) is 46.3 Å². The fourth-order valence-corrected chi connectivity index (χ4v) is 2.98. The summed E-state index contributed by atoms with van der Waals surface area (Å²) < 4.78 is 0. The average molecular weight is 260 g/mol. The zero-order chi connectivity index (χ0) is 13.7. The molecule has 0 spiro atoms. The molecule has 1 aliphatic rings. The Morgan fingerprint density at radius 1 is 1.32 bits per heavy atom. The van der Waals surface area contributed by atoms with Crippen molar-refractivity contribution in [1.29, 1.82) is 0 Å². The van der Waals surface area contributed by atoms with Crippen molar-refractivity contribution < 1.29 is 4.79 Å². The molecule has 1 aliphatic carbocycles. The molecule has 2 N–H and O–H groups in total. The number of nitrogens with two attached hydrogens (primary N) is 1. The maximum Gasteiger partial charge on any atom is 0.225 e. The highest BCUT2D eigenvalue weighted by Gasteiger charge is 2.33. The molecule has 0 saturated heterocycles. The van der Waals surface area contributed by atoms with Gasteiger partial charge in [-0.15, -0.1) is 0 Å². The van der Waals surface area contributed by atoms with Gasteiger partial charge < -0.3 is 10.6 Å². The molecule has 104 valence electrons. The second kappa shape index (κ2) is 6.71. The van der Waals surface area contributed by atoms with Crippen molar-refractivity contribution in [2.75, 3.05) is 20.1 Å². The molecular weight excluding hydrogens is 236 g/mol. The third-order valence-corrected chi connectivity index (χ3v) is 4.23. The van der Waals surface area contributed by atoms with E-state index in [0.717, 1.165) is 32.2 Å². The summed E-state index contributed by atoms with van der Waals surface area (Å²) in [6.07, 6.45) is 4.18. The van der Waals surface area contributed by atoms with Gasteiger partial charge in [0.2, 0.25) is 5.91 Å². The minimum Gasteiger partial charge on any atom is -0.345 e. The number of carbonyl (C=O) groups excluding carboxylic acids is 1. The SMILES string of the molecule is CN(CCc1ccccc1)C(=O)[C@@H]1CCC[C@@H]1CN. The monoisotopic (exact) mass is 260 g/mol. The van der Waals surface area contributed by atoms with Gasteiger partial charge in [0.15, 0.2) is 0 Å². The van der Waals surface area contributed by atoms with Gasteiger partial charge in [-0.25, -0.2) is 0 Å². The van der Waals surface area contributed by atoms with Gasteiger partial charge in [-0.2, -0.15) is 0 Å². The second-order valence-corrected chi connectivity index (χ2v) is 5.53. The summed E-state index contributed by atoms with van der Waals surface area (Å²) in [7, 11) is 1.91. The van der Waals surface area contributed by atoms with E-state index in [4.69, 9.17) is 5.73 Å². The van der Waals surface area contributed by atoms with E-state index in [0.29, 0.717) is 12.5 Å². The number of carbonyl (C=O) groups is 1. The van der Waals surface area contributed by atoms with Crippen LogP contribution in [-0.4, -0.2) is 30.9 Å². The lowest BCUT2D eigenvalue weighted by molar-refractivity contribution is -0.135. The Bertz CT molecular complexity index is 404. The lowest BCUT2D eigenvalue weighted by Gasteiger charge is -2.24. The van der Waals surface area contributed by atoms with Crippen molar-refractivity contribution in [2.45, 2.75) is 25.7 Å². The summed E-state index contributed by atoms with van der Waals surface area (Å²) in [5.41, 5.74) is 7.04. The normalized spacial score (nSPS) is 22.4. The van der Waals surface area contributed by atoms with Crippen LogP contribution in [0.4, 0.5) is 0 Å². The number of amides is 1. The van der Waals surface area contributed by atoms with Crippen LogP contribution in [0.25, 0.3) is 0 Å². The maximum absolute atomic E-state index is 12.4. The van der Waals surface area contributed by atoms with Gasteiger partial charge in [-0.1, -0.05) is 36.8 Å². The van der Waals surface area contributed by atoms with Crippen LogP contribution in [0.1, 0.15) is 24.8 Å². The van der Waals surface area contributed by atoms with Gasteiger partial charge >= 0.3 is 0 Å². The number of benzene rings is 1. The summed E-state index contributed by atoms with van der Waals surface area (Å²) in [6.45, 7) is 1.43. The number of rotatable bonds is 5. The zero-order valence-electron chi connectivity index (χ0n) is 11.7. The molecule has 3 heteroatoms. The van der Waals surface area contributed by atoms with E-state index in [1.807, 2.05) is 30.1 Å². The number of hydrogen-bond acceptors (Lipinski definition) is 2. The van der Waals surface area contributed by atoms with Gasteiger partial charge in [0.05, 0.1) is 0 Å². The molecule has 1 aromatic carbocycles. The molecule has 0 aliphatic heterocycles. The minimum absolute atomic E-state index is 0.158. The molecule has 0 heterocycles. The van der Waals surface area contributed by atoms with Crippen molar-refractivity contribution in [3.05, 3.63) is 35.9 Å². The Labute approximate surface area is 115 Å². The maximum atomic E-state index is 12.4. The molecular formula is C16H24N2O. The van der Waals surface area contributed by atoms with E-state index in [-0.39, 0.29) is 11.8 Å². The van der Waals surface area contributed by atoms with Gasteiger partial charge in [-0.3, -0.25) is 4.79 Å². The Kier molecular flexibility index (Phi) is 4.97. The largest absolute Gasteiger partial charge is 0.345 e. The summed E-state index contributed by atoms with van der Waals surface area (Å²) in [4.78, 5) is 14.3. The van der Waals surface area contributed by atoms with Gasteiger partial charge in [0, 0.05) is 19.5 Å². The van der Waals surface area contributed by atoms with Crippen LogP contribution in [0.3, 0.4) is 0 Å². The summed E-state index contributed by atoms with van der Waals surface area (Å²) >= 11 is 0. The molecule has 1 fully saturated rings. The van der Waals surface area contributed by atoms with Gasteiger partial charge in [-0.05, 0) is 37.3 Å². The van der Waals surface area contributed by atoms with Crippen molar-refractivity contribution in [2.24, 2.45) is 17.6 Å². The van der Waals surface area contributed by atoms with Crippen LogP contribution in [0.2, 0.25) is 0 Å². The fourth-order valence-electron chi connectivity index (χ4n) is 2.98. The predicted molar refractivity (Wildman–Crippen MR) is 77.7 cm³/mol. The second-order valence-electron chi connectivity index (χ2n) is 5.53. The number of nitrogens with zero attached hydrogens (tertiary/aromatic N) is 1. The summed E-state index contributed by atoms with van der Waals surface area (Å²) in [5, 5.41) is 0. The van der Waals surface area contributed by atoms with E-state index < -0.39 is 0 Å². The van der Waals surface area contributed by atoms with E-state index in [9.17, 15) is 4.79 Å². The van der Waals surface area contributed by atoms with Crippen molar-refractivity contribution in [1.82, 2.24) is 4.90 Å². The van der Waals surface area contributed by atoms with Crippen LogP contribution in [0, 0.1) is 11.8 Å². The average Bonchev–Trinajstić information content (AvgIpc) is 2.93. The van der Waals surface area contributed by atoms with Crippen molar-refractivity contribution in [3.8, 4) is 0 Å². The Morgan fingerprint density at radius 3 is 2.74 bits per heavy atom. The third-order valence-electron chi connectivity index (χ3n) is 4.23. The smallest absolute Gasteiger partial charge is 0.225 e. The first-order chi connectivity index (χ1) is 9.22. The first kappa shape index (κ1) is 14.1. The highest BCUT2D eigenvalue weighted by atomic mass is 16.2. The lowest BCUT2D eigenvalue weighted by Crippen LogP contribution is -2.37. The lowest BCUT2D eigenvalue weighted by atomic mass is 9.95. The zero-order valence-corrected chi connectivity index (χ0v) is 11.7. The van der Waals surface area contributed by atoms with Crippen LogP contribution in [-0.2, 0) is 11.2 Å². The molecule has 3 nitrogen and oxygen atoms in total. The third kappa shape index (κ3) is 3.57.